The Bertz CT molecular complexity index is 724. The first-order valence-corrected chi connectivity index (χ1v) is 7.38. The number of carbonyl (C=O) groups is 1. The molecule has 1 fully saturated rings. The number of alkyl halides is 2. The van der Waals surface area contributed by atoms with Crippen LogP contribution in [0.25, 0.3) is 11.3 Å². The summed E-state index contributed by atoms with van der Waals surface area (Å²) in [5.41, 5.74) is 1.30. The Kier molecular flexibility index (Phi) is 4.11. The second-order valence-corrected chi connectivity index (χ2v) is 5.72. The molecule has 23 heavy (non-hydrogen) atoms. The van der Waals surface area contributed by atoms with Gasteiger partial charge in [-0.15, -0.1) is 0 Å². The number of carbonyl (C=O) groups excluding carboxylic acids is 1. The number of rotatable bonds is 4. The van der Waals surface area contributed by atoms with E-state index in [0.717, 1.165) is 5.69 Å². The predicted octanol–water partition coefficient (Wildman–Crippen LogP) is 3.32. The number of pyridine rings is 1. The Morgan fingerprint density at radius 3 is 2.74 bits per heavy atom. The van der Waals surface area contributed by atoms with Crippen LogP contribution in [0.4, 0.5) is 8.78 Å². The van der Waals surface area contributed by atoms with Gasteiger partial charge in [-0.05, 0) is 31.9 Å². The Hall–Kier alpha value is -2.31. The molecule has 1 aliphatic carbocycles. The van der Waals surface area contributed by atoms with Crippen molar-refractivity contribution in [3.05, 3.63) is 35.8 Å². The van der Waals surface area contributed by atoms with Crippen LogP contribution in [-0.2, 0) is 9.53 Å². The summed E-state index contributed by atoms with van der Waals surface area (Å²) in [7, 11) is 1.35. The van der Waals surface area contributed by atoms with Gasteiger partial charge < -0.3 is 4.74 Å². The van der Waals surface area contributed by atoms with Crippen LogP contribution in [0.3, 0.4) is 0 Å². The van der Waals surface area contributed by atoms with Gasteiger partial charge >= 0.3 is 5.97 Å². The smallest absolute Gasteiger partial charge is 0.308 e. The van der Waals surface area contributed by atoms with Gasteiger partial charge in [-0.25, -0.2) is 8.78 Å². The molecule has 2 heterocycles. The van der Waals surface area contributed by atoms with Crippen molar-refractivity contribution in [2.75, 3.05) is 7.11 Å². The molecule has 1 saturated carbocycles. The highest BCUT2D eigenvalue weighted by Crippen LogP contribution is 2.40. The van der Waals surface area contributed by atoms with Crippen molar-refractivity contribution in [1.82, 2.24) is 14.8 Å². The third kappa shape index (κ3) is 2.95. The van der Waals surface area contributed by atoms with Gasteiger partial charge in [0, 0.05) is 17.5 Å². The summed E-state index contributed by atoms with van der Waals surface area (Å²) in [6, 6.07) is 5.22. The average Bonchev–Trinajstić information content (AvgIpc) is 2.90. The van der Waals surface area contributed by atoms with Crippen LogP contribution in [0.1, 0.15) is 36.7 Å². The Balaban J connectivity index is 1.87. The van der Waals surface area contributed by atoms with E-state index in [9.17, 15) is 13.6 Å². The first kappa shape index (κ1) is 15.6. The first-order chi connectivity index (χ1) is 11.0. The summed E-state index contributed by atoms with van der Waals surface area (Å²) in [5, 5.41) is 4.03. The first-order valence-electron chi connectivity index (χ1n) is 7.38. The summed E-state index contributed by atoms with van der Waals surface area (Å²) >= 11 is 0. The van der Waals surface area contributed by atoms with Gasteiger partial charge in [-0.2, -0.15) is 5.10 Å². The van der Waals surface area contributed by atoms with Gasteiger partial charge in [-0.3, -0.25) is 14.5 Å². The number of aryl methyl sites for hydroxylation is 1. The number of hydrogen-bond donors (Lipinski definition) is 0. The van der Waals surface area contributed by atoms with Crippen molar-refractivity contribution in [3.8, 4) is 11.3 Å². The highest BCUT2D eigenvalue weighted by molar-refractivity contribution is 5.73. The number of esters is 1. The summed E-state index contributed by atoms with van der Waals surface area (Å²) in [4.78, 5) is 15.7. The zero-order chi connectivity index (χ0) is 16.6. The molecule has 0 radical (unpaired) electrons. The van der Waals surface area contributed by atoms with Crippen molar-refractivity contribution in [1.29, 1.82) is 0 Å². The van der Waals surface area contributed by atoms with E-state index in [2.05, 4.69) is 14.8 Å². The molecule has 0 saturated heterocycles. The summed E-state index contributed by atoms with van der Waals surface area (Å²) in [5.74, 6) is -0.437. The molecule has 0 aromatic carbocycles. The zero-order valence-corrected chi connectivity index (χ0v) is 12.9. The monoisotopic (exact) mass is 321 g/mol. The van der Waals surface area contributed by atoms with Crippen LogP contribution >= 0.6 is 0 Å². The van der Waals surface area contributed by atoms with Crippen molar-refractivity contribution < 1.29 is 18.3 Å². The second-order valence-electron chi connectivity index (χ2n) is 5.72. The lowest BCUT2D eigenvalue weighted by atomic mass is 9.80. The lowest BCUT2D eigenvalue weighted by Gasteiger charge is -2.33. The van der Waals surface area contributed by atoms with E-state index in [4.69, 9.17) is 0 Å². The fourth-order valence-electron chi connectivity index (χ4n) is 2.81. The van der Waals surface area contributed by atoms with E-state index in [0.29, 0.717) is 24.1 Å². The molecule has 2 aromatic rings. The van der Waals surface area contributed by atoms with Crippen LogP contribution in [0.15, 0.2) is 24.4 Å². The molecule has 0 amide bonds. The van der Waals surface area contributed by atoms with E-state index < -0.39 is 6.43 Å². The maximum absolute atomic E-state index is 13.3. The Labute approximate surface area is 132 Å². The summed E-state index contributed by atoms with van der Waals surface area (Å²) < 4.78 is 32.8. The van der Waals surface area contributed by atoms with Crippen molar-refractivity contribution in [2.45, 2.75) is 32.2 Å². The quantitative estimate of drug-likeness (QED) is 0.811. The molecule has 3 rings (SSSR count). The zero-order valence-electron chi connectivity index (χ0n) is 12.9. The van der Waals surface area contributed by atoms with E-state index in [-0.39, 0.29) is 23.6 Å². The molecule has 5 nitrogen and oxygen atoms in total. The third-order valence-corrected chi connectivity index (χ3v) is 4.15. The maximum Gasteiger partial charge on any atom is 0.308 e. The lowest BCUT2D eigenvalue weighted by Crippen LogP contribution is -2.33. The minimum atomic E-state index is -2.68. The fraction of sp³-hybridized carbons (Fsp3) is 0.438. The molecule has 0 N–H and O–H groups in total. The topological polar surface area (TPSA) is 57.0 Å². The minimum Gasteiger partial charge on any atom is -0.469 e. The Morgan fingerprint density at radius 2 is 2.13 bits per heavy atom. The molecule has 2 aromatic heterocycles. The number of aromatic nitrogens is 3. The van der Waals surface area contributed by atoms with Gasteiger partial charge in [0.2, 0.25) is 0 Å². The van der Waals surface area contributed by atoms with Crippen LogP contribution in [0.5, 0.6) is 0 Å². The van der Waals surface area contributed by atoms with Gasteiger partial charge in [0.05, 0.1) is 24.8 Å². The lowest BCUT2D eigenvalue weighted by molar-refractivity contribution is -0.149. The fourth-order valence-corrected chi connectivity index (χ4v) is 2.81. The highest BCUT2D eigenvalue weighted by atomic mass is 19.3. The molecular formula is C16H17F2N3O2. The molecule has 0 unspecified atom stereocenters. The highest BCUT2D eigenvalue weighted by Gasteiger charge is 2.37. The molecule has 0 spiro atoms. The van der Waals surface area contributed by atoms with E-state index in [1.807, 2.05) is 13.0 Å². The summed E-state index contributed by atoms with van der Waals surface area (Å²) in [6.07, 6.45) is 0.0293. The van der Waals surface area contributed by atoms with Gasteiger partial charge in [0.1, 0.15) is 5.69 Å². The van der Waals surface area contributed by atoms with Crippen LogP contribution in [0, 0.1) is 12.8 Å². The molecule has 0 bridgehead atoms. The minimum absolute atomic E-state index is 0.0600. The predicted molar refractivity (Wildman–Crippen MR) is 78.9 cm³/mol. The molecule has 1 aliphatic rings. The molecule has 122 valence electrons. The van der Waals surface area contributed by atoms with Crippen molar-refractivity contribution in [2.24, 2.45) is 5.92 Å². The number of ether oxygens (including phenoxy) is 1. The van der Waals surface area contributed by atoms with E-state index in [1.165, 1.54) is 11.8 Å². The largest absolute Gasteiger partial charge is 0.469 e. The molecule has 7 heteroatoms. The van der Waals surface area contributed by atoms with Gasteiger partial charge in [-0.1, -0.05) is 6.07 Å². The van der Waals surface area contributed by atoms with Crippen molar-refractivity contribution >= 4 is 5.97 Å². The van der Waals surface area contributed by atoms with Gasteiger partial charge in [0.25, 0.3) is 6.43 Å². The normalized spacial score (nSPS) is 20.4. The van der Waals surface area contributed by atoms with Gasteiger partial charge in [0.15, 0.2) is 0 Å². The maximum atomic E-state index is 13.3. The summed E-state index contributed by atoms with van der Waals surface area (Å²) in [6.45, 7) is 1.81. The SMILES string of the molecule is COC(=O)C1CC(n2cc(-c3cccc(C)n3)c(C(F)F)n2)C1. The van der Waals surface area contributed by atoms with Crippen LogP contribution < -0.4 is 0 Å². The Morgan fingerprint density at radius 1 is 1.39 bits per heavy atom. The number of methoxy groups -OCH3 is 1. The number of nitrogens with zero attached hydrogens (tertiary/aromatic N) is 3. The molecule has 0 atom stereocenters. The molecule has 0 aliphatic heterocycles. The standard InChI is InChI=1S/C16H17F2N3O2/c1-9-4-3-5-13(19-9)12-8-21(20-14(12)15(17)18)11-6-10(7-11)16(22)23-2/h3-5,8,10-11,15H,6-7H2,1-2H3. The second kappa shape index (κ2) is 6.06. The van der Waals surface area contributed by atoms with Crippen molar-refractivity contribution in [3.63, 3.8) is 0 Å². The number of hydrogen-bond acceptors (Lipinski definition) is 4. The number of halogens is 2. The van der Waals surface area contributed by atoms with Crippen LogP contribution in [0.2, 0.25) is 0 Å². The van der Waals surface area contributed by atoms with Crippen LogP contribution in [-0.4, -0.2) is 27.8 Å². The van der Waals surface area contributed by atoms with E-state index in [1.54, 1.807) is 18.3 Å². The molecular weight excluding hydrogens is 304 g/mol. The third-order valence-electron chi connectivity index (χ3n) is 4.15. The average molecular weight is 321 g/mol. The van der Waals surface area contributed by atoms with E-state index >= 15 is 0 Å².